The van der Waals surface area contributed by atoms with E-state index in [9.17, 15) is 14.4 Å². The van der Waals surface area contributed by atoms with Gasteiger partial charge in [0.2, 0.25) is 5.91 Å². The lowest BCUT2D eigenvalue weighted by atomic mass is 9.90. The molecule has 1 aliphatic rings. The van der Waals surface area contributed by atoms with Crippen LogP contribution in [0, 0.1) is 12.8 Å². The van der Waals surface area contributed by atoms with Gasteiger partial charge in [-0.05, 0) is 56.2 Å². The summed E-state index contributed by atoms with van der Waals surface area (Å²) in [6, 6.07) is 15.5. The maximum Gasteiger partial charge on any atom is 0.341 e. The Morgan fingerprint density at radius 2 is 1.74 bits per heavy atom. The molecule has 31 heavy (non-hydrogen) atoms. The predicted molar refractivity (Wildman–Crippen MR) is 120 cm³/mol. The Hall–Kier alpha value is -3.15. The number of hydrogen-bond donors (Lipinski definition) is 1. The van der Waals surface area contributed by atoms with Crippen molar-refractivity contribution in [3.8, 4) is 0 Å². The van der Waals surface area contributed by atoms with Crippen LogP contribution >= 0.6 is 0 Å². The fourth-order valence-corrected chi connectivity index (χ4v) is 4.02. The number of esters is 1. The average Bonchev–Trinajstić information content (AvgIpc) is 2.75. The third-order valence-corrected chi connectivity index (χ3v) is 5.72. The first kappa shape index (κ1) is 22.5. The van der Waals surface area contributed by atoms with Gasteiger partial charge in [-0.1, -0.05) is 42.5 Å². The summed E-state index contributed by atoms with van der Waals surface area (Å²) in [5.74, 6) is -0.518. The van der Waals surface area contributed by atoms with Gasteiger partial charge >= 0.3 is 5.97 Å². The first-order valence-corrected chi connectivity index (χ1v) is 10.8. The number of anilines is 1. The zero-order valence-corrected chi connectivity index (χ0v) is 18.4. The lowest BCUT2D eigenvalue weighted by molar-refractivity contribution is -0.141. The smallest absolute Gasteiger partial charge is 0.341 e. The third kappa shape index (κ3) is 5.94. The zero-order chi connectivity index (χ0) is 22.4. The third-order valence-electron chi connectivity index (χ3n) is 5.72. The van der Waals surface area contributed by atoms with Gasteiger partial charge < -0.3 is 15.0 Å². The van der Waals surface area contributed by atoms with Crippen LogP contribution in [0.1, 0.15) is 48.2 Å². The Labute approximate surface area is 183 Å². The second-order valence-corrected chi connectivity index (χ2v) is 8.18. The quantitative estimate of drug-likeness (QED) is 0.715. The molecule has 6 nitrogen and oxygen atoms in total. The Bertz CT molecular complexity index is 934. The maximum atomic E-state index is 12.8. The molecule has 1 fully saturated rings. The van der Waals surface area contributed by atoms with Gasteiger partial charge in [0.1, 0.15) is 0 Å². The maximum absolute atomic E-state index is 12.8. The largest absolute Gasteiger partial charge is 0.449 e. The highest BCUT2D eigenvalue weighted by Crippen LogP contribution is 2.24. The second-order valence-electron chi connectivity index (χ2n) is 8.18. The van der Waals surface area contributed by atoms with Crippen LogP contribution in [0.15, 0.2) is 48.5 Å². The van der Waals surface area contributed by atoms with Gasteiger partial charge in [0.05, 0.1) is 11.3 Å². The summed E-state index contributed by atoms with van der Waals surface area (Å²) in [5.41, 5.74) is 2.74. The topological polar surface area (TPSA) is 75.7 Å². The van der Waals surface area contributed by atoms with Gasteiger partial charge in [-0.15, -0.1) is 0 Å². The van der Waals surface area contributed by atoms with Crippen LogP contribution < -0.4 is 5.32 Å². The predicted octanol–water partition coefficient (Wildman–Crippen LogP) is 3.98. The fourth-order valence-electron chi connectivity index (χ4n) is 4.02. The number of benzene rings is 2. The van der Waals surface area contributed by atoms with Gasteiger partial charge in [0.25, 0.3) is 5.91 Å². The molecule has 1 atom stereocenters. The molecular formula is C25H30N2O4. The Morgan fingerprint density at radius 1 is 1.06 bits per heavy atom. The van der Waals surface area contributed by atoms with E-state index in [2.05, 4.69) is 29.6 Å². The molecule has 164 valence electrons. The number of rotatable bonds is 6. The van der Waals surface area contributed by atoms with Crippen molar-refractivity contribution < 1.29 is 19.1 Å². The Morgan fingerprint density at radius 3 is 2.39 bits per heavy atom. The summed E-state index contributed by atoms with van der Waals surface area (Å²) in [6.45, 7) is 6.12. The van der Waals surface area contributed by atoms with Crippen LogP contribution in [0.3, 0.4) is 0 Å². The van der Waals surface area contributed by atoms with Crippen molar-refractivity contribution in [1.29, 1.82) is 0 Å². The van der Waals surface area contributed by atoms with E-state index in [0.717, 1.165) is 24.8 Å². The average molecular weight is 423 g/mol. The highest BCUT2D eigenvalue weighted by atomic mass is 16.5. The summed E-state index contributed by atoms with van der Waals surface area (Å²) in [7, 11) is 0. The number of aryl methyl sites for hydroxylation is 1. The standard InChI is InChI=1S/C25H30N2O4/c1-17-8-7-11-22(23(17)26-19(3)28)25(30)31-18(2)24(29)27-14-12-21(13-15-27)16-20-9-5-4-6-10-20/h4-11,18,21H,12-16H2,1-3H3,(H,26,28). The van der Waals surface area contributed by atoms with E-state index >= 15 is 0 Å². The van der Waals surface area contributed by atoms with Crippen molar-refractivity contribution in [3.05, 3.63) is 65.2 Å². The number of nitrogens with one attached hydrogen (secondary N) is 1. The number of para-hydroxylation sites is 1. The van der Waals surface area contributed by atoms with Crippen molar-refractivity contribution in [2.45, 2.75) is 46.1 Å². The molecule has 0 radical (unpaired) electrons. The molecule has 0 aromatic heterocycles. The molecule has 1 unspecified atom stereocenters. The molecule has 2 aromatic carbocycles. The van der Waals surface area contributed by atoms with Crippen LogP contribution in [-0.4, -0.2) is 41.9 Å². The minimum absolute atomic E-state index is 0.180. The highest BCUT2D eigenvalue weighted by Gasteiger charge is 2.29. The number of piperidine rings is 1. The van der Waals surface area contributed by atoms with Crippen LogP contribution in [0.4, 0.5) is 5.69 Å². The number of nitrogens with zero attached hydrogens (tertiary/aromatic N) is 1. The van der Waals surface area contributed by atoms with E-state index in [4.69, 9.17) is 4.74 Å². The van der Waals surface area contributed by atoms with E-state index in [1.807, 2.05) is 6.07 Å². The van der Waals surface area contributed by atoms with Gasteiger partial charge in [-0.3, -0.25) is 9.59 Å². The first-order chi connectivity index (χ1) is 14.8. The molecule has 0 aliphatic carbocycles. The van der Waals surface area contributed by atoms with E-state index in [1.54, 1.807) is 36.9 Å². The second kappa shape index (κ2) is 10.2. The minimum atomic E-state index is -0.885. The van der Waals surface area contributed by atoms with Crippen molar-refractivity contribution in [2.75, 3.05) is 18.4 Å². The normalized spacial score (nSPS) is 15.3. The van der Waals surface area contributed by atoms with Crippen molar-refractivity contribution in [2.24, 2.45) is 5.92 Å². The number of carbonyl (C=O) groups is 3. The Balaban J connectivity index is 1.56. The molecule has 2 aromatic rings. The lowest BCUT2D eigenvalue weighted by Gasteiger charge is -2.33. The summed E-state index contributed by atoms with van der Waals surface area (Å²) in [5, 5.41) is 2.68. The monoisotopic (exact) mass is 422 g/mol. The van der Waals surface area contributed by atoms with Gasteiger partial charge in [0.15, 0.2) is 6.10 Å². The van der Waals surface area contributed by atoms with Gasteiger partial charge in [-0.2, -0.15) is 0 Å². The van der Waals surface area contributed by atoms with E-state index < -0.39 is 12.1 Å². The number of hydrogen-bond acceptors (Lipinski definition) is 4. The van der Waals surface area contributed by atoms with Crippen molar-refractivity contribution in [3.63, 3.8) is 0 Å². The molecule has 2 amide bonds. The van der Waals surface area contributed by atoms with E-state index in [1.165, 1.54) is 12.5 Å². The number of amides is 2. The number of ether oxygens (including phenoxy) is 1. The molecule has 0 bridgehead atoms. The molecule has 1 heterocycles. The molecule has 1 saturated heterocycles. The van der Waals surface area contributed by atoms with E-state index in [0.29, 0.717) is 24.7 Å². The SMILES string of the molecule is CC(=O)Nc1c(C)cccc1C(=O)OC(C)C(=O)N1CCC(Cc2ccccc2)CC1. The van der Waals surface area contributed by atoms with Crippen LogP contribution in [-0.2, 0) is 20.7 Å². The molecule has 3 rings (SSSR count). The summed E-state index contributed by atoms with van der Waals surface area (Å²) in [6.07, 6.45) is 2.01. The first-order valence-electron chi connectivity index (χ1n) is 10.8. The lowest BCUT2D eigenvalue weighted by Crippen LogP contribution is -2.44. The number of carbonyl (C=O) groups excluding carboxylic acids is 3. The number of likely N-dealkylation sites (tertiary alicyclic amines) is 1. The Kier molecular flexibility index (Phi) is 7.45. The summed E-state index contributed by atoms with van der Waals surface area (Å²) < 4.78 is 5.47. The van der Waals surface area contributed by atoms with Crippen molar-refractivity contribution in [1.82, 2.24) is 4.90 Å². The molecule has 1 N–H and O–H groups in total. The molecule has 0 spiro atoms. The van der Waals surface area contributed by atoms with E-state index in [-0.39, 0.29) is 17.4 Å². The van der Waals surface area contributed by atoms with Crippen LogP contribution in [0.5, 0.6) is 0 Å². The minimum Gasteiger partial charge on any atom is -0.449 e. The zero-order valence-electron chi connectivity index (χ0n) is 18.4. The molecule has 1 aliphatic heterocycles. The van der Waals surface area contributed by atoms with Crippen LogP contribution in [0.2, 0.25) is 0 Å². The molecule has 0 saturated carbocycles. The van der Waals surface area contributed by atoms with Gasteiger partial charge in [-0.25, -0.2) is 4.79 Å². The van der Waals surface area contributed by atoms with Gasteiger partial charge in [0, 0.05) is 20.0 Å². The van der Waals surface area contributed by atoms with Crippen molar-refractivity contribution >= 4 is 23.5 Å². The van der Waals surface area contributed by atoms with Crippen LogP contribution in [0.25, 0.3) is 0 Å². The summed E-state index contributed by atoms with van der Waals surface area (Å²) >= 11 is 0. The molecular weight excluding hydrogens is 392 g/mol. The fraction of sp³-hybridized carbons (Fsp3) is 0.400. The highest BCUT2D eigenvalue weighted by molar-refractivity contribution is 6.02. The summed E-state index contributed by atoms with van der Waals surface area (Å²) in [4.78, 5) is 38.8. The molecule has 6 heteroatoms.